The van der Waals surface area contributed by atoms with Gasteiger partial charge in [0, 0.05) is 18.0 Å². The minimum Gasteiger partial charge on any atom is -0.353 e. The zero-order valence-corrected chi connectivity index (χ0v) is 12.9. The lowest BCUT2D eigenvalue weighted by Gasteiger charge is -2.31. The van der Waals surface area contributed by atoms with Gasteiger partial charge in [-0.15, -0.1) is 0 Å². The van der Waals surface area contributed by atoms with Crippen LogP contribution in [0.4, 0.5) is 13.2 Å². The van der Waals surface area contributed by atoms with E-state index in [1.54, 1.807) is 0 Å². The molecule has 0 aliphatic heterocycles. The highest BCUT2D eigenvalue weighted by atomic mass is 19.4. The molecule has 0 aromatic carbocycles. The molecule has 1 amide bonds. The predicted octanol–water partition coefficient (Wildman–Crippen LogP) is 3.38. The molecule has 1 aliphatic rings. The SMILES string of the molecule is CC(N)CCCC(C)C(=O)NC1CCC(C(F)(F)F)CC1. The second-order valence-corrected chi connectivity index (χ2v) is 6.41. The van der Waals surface area contributed by atoms with Crippen molar-refractivity contribution >= 4 is 5.91 Å². The van der Waals surface area contributed by atoms with Crippen LogP contribution in [0, 0.1) is 11.8 Å². The van der Waals surface area contributed by atoms with E-state index in [0.29, 0.717) is 12.8 Å². The van der Waals surface area contributed by atoms with Gasteiger partial charge in [0.25, 0.3) is 0 Å². The van der Waals surface area contributed by atoms with Gasteiger partial charge in [-0.25, -0.2) is 0 Å². The first-order valence-corrected chi connectivity index (χ1v) is 7.82. The van der Waals surface area contributed by atoms with Gasteiger partial charge in [0.2, 0.25) is 5.91 Å². The summed E-state index contributed by atoms with van der Waals surface area (Å²) in [6, 6.07) is 0.0323. The summed E-state index contributed by atoms with van der Waals surface area (Å²) in [6.07, 6.45) is -0.472. The van der Waals surface area contributed by atoms with E-state index < -0.39 is 12.1 Å². The summed E-state index contributed by atoms with van der Waals surface area (Å²) in [6.45, 7) is 3.79. The van der Waals surface area contributed by atoms with Crippen molar-refractivity contribution in [1.82, 2.24) is 5.32 Å². The van der Waals surface area contributed by atoms with E-state index in [4.69, 9.17) is 5.73 Å². The number of nitrogens with two attached hydrogens (primary N) is 1. The van der Waals surface area contributed by atoms with Crippen LogP contribution in [0.15, 0.2) is 0 Å². The quantitative estimate of drug-likeness (QED) is 0.790. The maximum atomic E-state index is 12.6. The Morgan fingerprint density at radius 2 is 1.76 bits per heavy atom. The van der Waals surface area contributed by atoms with Crippen LogP contribution in [0.2, 0.25) is 0 Å². The Morgan fingerprint density at radius 1 is 1.19 bits per heavy atom. The topological polar surface area (TPSA) is 55.1 Å². The Balaban J connectivity index is 2.26. The number of rotatable bonds is 6. The second kappa shape index (κ2) is 8.01. The van der Waals surface area contributed by atoms with Gasteiger partial charge in [-0.1, -0.05) is 13.3 Å². The number of carbonyl (C=O) groups excluding carboxylic acids is 1. The summed E-state index contributed by atoms with van der Waals surface area (Å²) in [5.74, 6) is -1.35. The molecule has 1 saturated carbocycles. The average Bonchev–Trinajstić information content (AvgIpc) is 2.37. The van der Waals surface area contributed by atoms with Gasteiger partial charge in [0.1, 0.15) is 0 Å². The minimum absolute atomic E-state index is 0.0462. The van der Waals surface area contributed by atoms with Crippen molar-refractivity contribution < 1.29 is 18.0 Å². The van der Waals surface area contributed by atoms with Crippen LogP contribution in [-0.4, -0.2) is 24.2 Å². The van der Waals surface area contributed by atoms with E-state index in [1.165, 1.54) is 0 Å². The van der Waals surface area contributed by atoms with Gasteiger partial charge >= 0.3 is 6.18 Å². The van der Waals surface area contributed by atoms with Crippen molar-refractivity contribution in [3.05, 3.63) is 0 Å². The molecule has 0 spiro atoms. The zero-order valence-electron chi connectivity index (χ0n) is 12.9. The van der Waals surface area contributed by atoms with E-state index in [1.807, 2.05) is 13.8 Å². The summed E-state index contributed by atoms with van der Waals surface area (Å²) < 4.78 is 37.7. The van der Waals surface area contributed by atoms with Crippen molar-refractivity contribution in [3.8, 4) is 0 Å². The number of nitrogens with one attached hydrogen (secondary N) is 1. The molecule has 1 aliphatic carbocycles. The maximum Gasteiger partial charge on any atom is 0.391 e. The van der Waals surface area contributed by atoms with Gasteiger partial charge in [-0.05, 0) is 45.4 Å². The number of hydrogen-bond donors (Lipinski definition) is 2. The Labute approximate surface area is 124 Å². The summed E-state index contributed by atoms with van der Waals surface area (Å²) >= 11 is 0. The molecule has 21 heavy (non-hydrogen) atoms. The van der Waals surface area contributed by atoms with E-state index >= 15 is 0 Å². The van der Waals surface area contributed by atoms with Gasteiger partial charge in [-0.3, -0.25) is 4.79 Å². The summed E-state index contributed by atoms with van der Waals surface area (Å²) in [4.78, 5) is 12.0. The Kier molecular flexibility index (Phi) is 6.97. The number of amides is 1. The first-order valence-electron chi connectivity index (χ1n) is 7.82. The normalized spacial score (nSPS) is 26.2. The van der Waals surface area contributed by atoms with Crippen LogP contribution < -0.4 is 11.1 Å². The number of carbonyl (C=O) groups is 1. The third-order valence-corrected chi connectivity index (χ3v) is 4.28. The third-order valence-electron chi connectivity index (χ3n) is 4.28. The van der Waals surface area contributed by atoms with Crippen molar-refractivity contribution in [2.75, 3.05) is 0 Å². The molecule has 0 aromatic heterocycles. The number of halogens is 3. The molecule has 3 N–H and O–H groups in total. The maximum absolute atomic E-state index is 12.6. The van der Waals surface area contributed by atoms with E-state index in [-0.39, 0.29) is 36.8 Å². The summed E-state index contributed by atoms with van der Waals surface area (Å²) in [7, 11) is 0. The van der Waals surface area contributed by atoms with Crippen LogP contribution in [0.3, 0.4) is 0 Å². The van der Waals surface area contributed by atoms with Crippen molar-refractivity contribution in [1.29, 1.82) is 0 Å². The van der Waals surface area contributed by atoms with Crippen LogP contribution >= 0.6 is 0 Å². The first-order chi connectivity index (χ1) is 9.70. The fourth-order valence-corrected chi connectivity index (χ4v) is 2.79. The first kappa shape index (κ1) is 18.3. The van der Waals surface area contributed by atoms with E-state index in [2.05, 4.69) is 5.32 Å². The molecule has 0 heterocycles. The van der Waals surface area contributed by atoms with Crippen LogP contribution in [0.25, 0.3) is 0 Å². The van der Waals surface area contributed by atoms with Crippen LogP contribution in [0.5, 0.6) is 0 Å². The molecular weight excluding hydrogens is 281 g/mol. The fourth-order valence-electron chi connectivity index (χ4n) is 2.79. The average molecular weight is 308 g/mol. The smallest absolute Gasteiger partial charge is 0.353 e. The Morgan fingerprint density at radius 3 is 2.24 bits per heavy atom. The third kappa shape index (κ3) is 6.68. The highest BCUT2D eigenvalue weighted by molar-refractivity contribution is 5.78. The standard InChI is InChI=1S/C15H27F3N2O/c1-10(4-3-5-11(2)19)14(21)20-13-8-6-12(7-9-13)15(16,17)18/h10-13H,3-9,19H2,1-2H3,(H,20,21). The lowest BCUT2D eigenvalue weighted by Crippen LogP contribution is -2.42. The molecule has 0 aromatic rings. The second-order valence-electron chi connectivity index (χ2n) is 6.41. The van der Waals surface area contributed by atoms with E-state index in [0.717, 1.165) is 19.3 Å². The summed E-state index contributed by atoms with van der Waals surface area (Å²) in [5.41, 5.74) is 5.66. The molecule has 0 bridgehead atoms. The van der Waals surface area contributed by atoms with Gasteiger partial charge < -0.3 is 11.1 Å². The molecule has 2 atom stereocenters. The zero-order chi connectivity index (χ0) is 16.0. The van der Waals surface area contributed by atoms with Gasteiger partial charge in [-0.2, -0.15) is 13.2 Å². The van der Waals surface area contributed by atoms with Gasteiger partial charge in [0.15, 0.2) is 0 Å². The molecule has 2 unspecified atom stereocenters. The molecule has 0 saturated heterocycles. The molecule has 3 nitrogen and oxygen atoms in total. The van der Waals surface area contributed by atoms with Crippen molar-refractivity contribution in [2.45, 2.75) is 77.1 Å². The Bertz CT molecular complexity index is 323. The van der Waals surface area contributed by atoms with Gasteiger partial charge in [0.05, 0.1) is 5.92 Å². The molecule has 124 valence electrons. The predicted molar refractivity (Wildman–Crippen MR) is 76.6 cm³/mol. The molecule has 6 heteroatoms. The van der Waals surface area contributed by atoms with Crippen LogP contribution in [-0.2, 0) is 4.79 Å². The van der Waals surface area contributed by atoms with Crippen molar-refractivity contribution in [2.24, 2.45) is 17.6 Å². The fraction of sp³-hybridized carbons (Fsp3) is 0.933. The largest absolute Gasteiger partial charge is 0.391 e. The number of alkyl halides is 3. The van der Waals surface area contributed by atoms with E-state index in [9.17, 15) is 18.0 Å². The monoisotopic (exact) mass is 308 g/mol. The molecule has 1 rings (SSSR count). The summed E-state index contributed by atoms with van der Waals surface area (Å²) in [5, 5.41) is 2.89. The highest BCUT2D eigenvalue weighted by Crippen LogP contribution is 2.37. The molecular formula is C15H27F3N2O. The lowest BCUT2D eigenvalue weighted by molar-refractivity contribution is -0.182. The highest BCUT2D eigenvalue weighted by Gasteiger charge is 2.41. The minimum atomic E-state index is -4.10. The Hall–Kier alpha value is -0.780. The molecule has 1 fully saturated rings. The van der Waals surface area contributed by atoms with Crippen molar-refractivity contribution in [3.63, 3.8) is 0 Å². The van der Waals surface area contributed by atoms with Crippen LogP contribution in [0.1, 0.15) is 58.8 Å². The molecule has 0 radical (unpaired) electrons. The lowest BCUT2D eigenvalue weighted by atomic mass is 9.85. The number of hydrogen-bond acceptors (Lipinski definition) is 2.